The summed E-state index contributed by atoms with van der Waals surface area (Å²) >= 11 is 3.65. The molecule has 1 fully saturated rings. The van der Waals surface area contributed by atoms with E-state index in [-0.39, 0.29) is 12.0 Å². The maximum Gasteiger partial charge on any atom is 0.307 e. The van der Waals surface area contributed by atoms with E-state index in [1.807, 2.05) is 30.3 Å². The van der Waals surface area contributed by atoms with Crippen molar-refractivity contribution < 1.29 is 9.90 Å². The van der Waals surface area contributed by atoms with E-state index in [9.17, 15) is 9.90 Å². The molecule has 120 valence electrons. The molecule has 1 saturated heterocycles. The van der Waals surface area contributed by atoms with Crippen molar-refractivity contribution >= 4 is 21.9 Å². The fourth-order valence-electron chi connectivity index (χ4n) is 3.27. The van der Waals surface area contributed by atoms with Crippen LogP contribution in [0.1, 0.15) is 30.0 Å². The molecule has 1 aliphatic heterocycles. The molecule has 0 aliphatic carbocycles. The zero-order chi connectivity index (χ0) is 16.2. The molecule has 0 amide bonds. The second-order valence-electron chi connectivity index (χ2n) is 5.88. The fourth-order valence-corrected chi connectivity index (χ4v) is 3.77. The lowest BCUT2D eigenvalue weighted by molar-refractivity contribution is -0.143. The van der Waals surface area contributed by atoms with Gasteiger partial charge in [0, 0.05) is 23.4 Å². The summed E-state index contributed by atoms with van der Waals surface area (Å²) in [6, 6.07) is 12.2. The Morgan fingerprint density at radius 3 is 2.70 bits per heavy atom. The molecule has 1 aliphatic rings. The number of aliphatic carboxylic acids is 1. The topological polar surface area (TPSA) is 53.4 Å². The van der Waals surface area contributed by atoms with Crippen molar-refractivity contribution in [3.8, 4) is 0 Å². The van der Waals surface area contributed by atoms with E-state index in [4.69, 9.17) is 0 Å². The lowest BCUT2D eigenvalue weighted by Gasteiger charge is -2.38. The van der Waals surface area contributed by atoms with E-state index in [0.29, 0.717) is 6.54 Å². The third-order valence-corrected chi connectivity index (χ3v) is 5.11. The minimum atomic E-state index is -0.699. The molecule has 1 aromatic carbocycles. The molecule has 0 spiro atoms. The van der Waals surface area contributed by atoms with Gasteiger partial charge < -0.3 is 5.11 Å². The molecular formula is C18H19BrN2O2. The van der Waals surface area contributed by atoms with Gasteiger partial charge in [0.25, 0.3) is 0 Å². The van der Waals surface area contributed by atoms with Crippen LogP contribution >= 0.6 is 15.9 Å². The average molecular weight is 375 g/mol. The van der Waals surface area contributed by atoms with Gasteiger partial charge in [0.1, 0.15) is 0 Å². The second kappa shape index (κ2) is 7.23. The summed E-state index contributed by atoms with van der Waals surface area (Å²) in [4.78, 5) is 17.8. The standard InChI is InChI=1S/C18H19BrN2O2/c19-16-6-2-1-5-15(16)17(13-7-9-20-10-8-13)21-11-3-4-14(12-21)18(22)23/h1-2,5-10,14,17H,3-4,11-12H2,(H,22,23). The SMILES string of the molecule is O=C(O)C1CCCN(C(c2ccncc2)c2ccccc2Br)C1. The summed E-state index contributed by atoms with van der Waals surface area (Å²) < 4.78 is 1.04. The van der Waals surface area contributed by atoms with Crippen molar-refractivity contribution in [1.29, 1.82) is 0 Å². The number of rotatable bonds is 4. The van der Waals surface area contributed by atoms with Crippen molar-refractivity contribution in [3.05, 3.63) is 64.4 Å². The van der Waals surface area contributed by atoms with Crippen LogP contribution in [0.15, 0.2) is 53.3 Å². The Hall–Kier alpha value is -1.72. The highest BCUT2D eigenvalue weighted by Crippen LogP contribution is 2.35. The van der Waals surface area contributed by atoms with Gasteiger partial charge in [-0.05, 0) is 48.7 Å². The van der Waals surface area contributed by atoms with Gasteiger partial charge in [0.2, 0.25) is 0 Å². The van der Waals surface area contributed by atoms with Crippen LogP contribution in [0.5, 0.6) is 0 Å². The second-order valence-corrected chi connectivity index (χ2v) is 6.73. The lowest BCUT2D eigenvalue weighted by Crippen LogP contribution is -2.41. The Morgan fingerprint density at radius 1 is 1.26 bits per heavy atom. The Labute approximate surface area is 144 Å². The molecule has 1 aromatic heterocycles. The van der Waals surface area contributed by atoms with Crippen LogP contribution in [0, 0.1) is 5.92 Å². The maximum absolute atomic E-state index is 11.4. The first kappa shape index (κ1) is 16.1. The highest BCUT2D eigenvalue weighted by molar-refractivity contribution is 9.10. The Balaban J connectivity index is 1.99. The molecule has 4 nitrogen and oxygen atoms in total. The van der Waals surface area contributed by atoms with Gasteiger partial charge >= 0.3 is 5.97 Å². The number of halogens is 1. The summed E-state index contributed by atoms with van der Waals surface area (Å²) in [6.45, 7) is 1.47. The average Bonchev–Trinajstić information content (AvgIpc) is 2.58. The summed E-state index contributed by atoms with van der Waals surface area (Å²) in [5, 5.41) is 9.39. The smallest absolute Gasteiger partial charge is 0.307 e. The number of hydrogen-bond donors (Lipinski definition) is 1. The van der Waals surface area contributed by atoms with Gasteiger partial charge in [-0.1, -0.05) is 34.1 Å². The normalized spacial score (nSPS) is 20.1. The van der Waals surface area contributed by atoms with Crippen LogP contribution in [0.4, 0.5) is 0 Å². The van der Waals surface area contributed by atoms with Gasteiger partial charge in [0.05, 0.1) is 12.0 Å². The predicted octanol–water partition coefficient (Wildman–Crippen LogP) is 3.73. The Kier molecular flexibility index (Phi) is 5.08. The molecular weight excluding hydrogens is 356 g/mol. The number of nitrogens with zero attached hydrogens (tertiary/aromatic N) is 2. The minimum absolute atomic E-state index is 0.0377. The molecule has 1 N–H and O–H groups in total. The first-order chi connectivity index (χ1) is 11.2. The molecule has 0 radical (unpaired) electrons. The number of benzene rings is 1. The first-order valence-electron chi connectivity index (χ1n) is 7.78. The summed E-state index contributed by atoms with van der Waals surface area (Å²) in [5.74, 6) is -0.995. The minimum Gasteiger partial charge on any atom is -0.481 e. The highest BCUT2D eigenvalue weighted by Gasteiger charge is 2.31. The quantitative estimate of drug-likeness (QED) is 0.885. The molecule has 2 atom stereocenters. The van der Waals surface area contributed by atoms with Gasteiger partial charge in [-0.3, -0.25) is 14.7 Å². The Bertz CT molecular complexity index is 678. The summed E-state index contributed by atoms with van der Waals surface area (Å²) in [7, 11) is 0. The van der Waals surface area contributed by atoms with Crippen LogP contribution in [0.2, 0.25) is 0 Å². The van der Waals surface area contributed by atoms with E-state index >= 15 is 0 Å². The van der Waals surface area contributed by atoms with Crippen LogP contribution in [-0.4, -0.2) is 34.0 Å². The number of carbonyl (C=O) groups is 1. The molecule has 0 saturated carbocycles. The zero-order valence-electron chi connectivity index (χ0n) is 12.7. The molecule has 23 heavy (non-hydrogen) atoms. The number of hydrogen-bond acceptors (Lipinski definition) is 3. The highest BCUT2D eigenvalue weighted by atomic mass is 79.9. The van der Waals surface area contributed by atoms with Gasteiger partial charge in [-0.2, -0.15) is 0 Å². The number of aromatic nitrogens is 1. The lowest BCUT2D eigenvalue weighted by atomic mass is 9.92. The number of carboxylic acids is 1. The number of likely N-dealkylation sites (tertiary alicyclic amines) is 1. The first-order valence-corrected chi connectivity index (χ1v) is 8.57. The van der Waals surface area contributed by atoms with Gasteiger partial charge in [0.15, 0.2) is 0 Å². The predicted molar refractivity (Wildman–Crippen MR) is 92.2 cm³/mol. The third kappa shape index (κ3) is 3.62. The molecule has 2 unspecified atom stereocenters. The molecule has 0 bridgehead atoms. The molecule has 2 heterocycles. The molecule has 2 aromatic rings. The molecule has 3 rings (SSSR count). The van der Waals surface area contributed by atoms with Crippen LogP contribution in [-0.2, 0) is 4.79 Å². The fraction of sp³-hybridized carbons (Fsp3) is 0.333. The van der Waals surface area contributed by atoms with Crippen LogP contribution < -0.4 is 0 Å². The van der Waals surface area contributed by atoms with Crippen LogP contribution in [0.3, 0.4) is 0 Å². The molecule has 5 heteroatoms. The monoisotopic (exact) mass is 374 g/mol. The van der Waals surface area contributed by atoms with Crippen molar-refractivity contribution in [1.82, 2.24) is 9.88 Å². The number of pyridine rings is 1. The van der Waals surface area contributed by atoms with Gasteiger partial charge in [-0.25, -0.2) is 0 Å². The van der Waals surface area contributed by atoms with Crippen molar-refractivity contribution in [2.24, 2.45) is 5.92 Å². The van der Waals surface area contributed by atoms with Crippen molar-refractivity contribution in [2.75, 3.05) is 13.1 Å². The zero-order valence-corrected chi connectivity index (χ0v) is 14.3. The van der Waals surface area contributed by atoms with E-state index < -0.39 is 5.97 Å². The Morgan fingerprint density at radius 2 is 2.00 bits per heavy atom. The largest absolute Gasteiger partial charge is 0.481 e. The number of carboxylic acid groups (broad SMARTS) is 1. The maximum atomic E-state index is 11.4. The van der Waals surface area contributed by atoms with E-state index in [2.05, 4.69) is 31.9 Å². The van der Waals surface area contributed by atoms with Crippen molar-refractivity contribution in [2.45, 2.75) is 18.9 Å². The van der Waals surface area contributed by atoms with Crippen LogP contribution in [0.25, 0.3) is 0 Å². The third-order valence-electron chi connectivity index (χ3n) is 4.39. The van der Waals surface area contributed by atoms with E-state index in [1.165, 1.54) is 0 Å². The summed E-state index contributed by atoms with van der Waals surface area (Å²) in [5.41, 5.74) is 2.29. The van der Waals surface area contributed by atoms with Crippen molar-refractivity contribution in [3.63, 3.8) is 0 Å². The number of piperidine rings is 1. The van der Waals surface area contributed by atoms with E-state index in [0.717, 1.165) is 35.0 Å². The van der Waals surface area contributed by atoms with E-state index in [1.54, 1.807) is 12.4 Å². The summed E-state index contributed by atoms with van der Waals surface area (Å²) in [6.07, 6.45) is 5.24. The van der Waals surface area contributed by atoms with Gasteiger partial charge in [-0.15, -0.1) is 0 Å².